The van der Waals surface area contributed by atoms with Crippen molar-refractivity contribution < 1.29 is 14.6 Å². The van der Waals surface area contributed by atoms with Crippen LogP contribution in [-0.2, 0) is 9.53 Å². The summed E-state index contributed by atoms with van der Waals surface area (Å²) in [6.45, 7) is 5.50. The molecule has 4 nitrogen and oxygen atoms in total. The number of aliphatic carboxylic acids is 1. The molecule has 1 aromatic carbocycles. The maximum Gasteiger partial charge on any atom is 0.328 e. The van der Waals surface area contributed by atoms with Crippen molar-refractivity contribution >= 4 is 29.3 Å². The minimum Gasteiger partial charge on any atom is -0.478 e. The molecule has 0 aliphatic heterocycles. The lowest BCUT2D eigenvalue weighted by molar-refractivity contribution is -0.131. The zero-order valence-electron chi connectivity index (χ0n) is 12.7. The summed E-state index contributed by atoms with van der Waals surface area (Å²) in [4.78, 5) is 12.9. The Morgan fingerprint density at radius 3 is 2.81 bits per heavy atom. The van der Waals surface area contributed by atoms with Gasteiger partial charge in [-0.15, -0.1) is 0 Å². The number of halogens is 1. The van der Waals surface area contributed by atoms with Gasteiger partial charge in [0.25, 0.3) is 0 Å². The van der Waals surface area contributed by atoms with E-state index in [9.17, 15) is 4.79 Å². The Morgan fingerprint density at radius 2 is 2.24 bits per heavy atom. The van der Waals surface area contributed by atoms with Crippen LogP contribution >= 0.6 is 11.6 Å². The minimum absolute atomic E-state index is 0.275. The number of anilines is 1. The molecule has 0 bridgehead atoms. The van der Waals surface area contributed by atoms with Crippen molar-refractivity contribution in [3.05, 3.63) is 34.9 Å². The van der Waals surface area contributed by atoms with Gasteiger partial charge >= 0.3 is 5.97 Å². The standard InChI is InChI=1S/C16H22ClNO3/c1-4-12(2)18(10-11-21-3)16-13(8-9-15(19)20)6-5-7-14(16)17/h5-9,12H,4,10-11H2,1-3H3,(H,19,20)/b9-8+. The molecule has 1 aromatic rings. The van der Waals surface area contributed by atoms with Crippen LogP contribution in [0.25, 0.3) is 6.08 Å². The molecule has 0 radical (unpaired) electrons. The van der Waals surface area contributed by atoms with E-state index in [1.54, 1.807) is 13.2 Å². The number of para-hydroxylation sites is 1. The van der Waals surface area contributed by atoms with Gasteiger partial charge in [-0.3, -0.25) is 0 Å². The molecule has 0 aliphatic rings. The maximum absolute atomic E-state index is 10.7. The van der Waals surface area contributed by atoms with Crippen LogP contribution in [-0.4, -0.2) is 37.4 Å². The van der Waals surface area contributed by atoms with Crippen LogP contribution < -0.4 is 4.90 Å². The monoisotopic (exact) mass is 311 g/mol. The molecule has 21 heavy (non-hydrogen) atoms. The number of carboxylic acid groups (broad SMARTS) is 1. The summed E-state index contributed by atoms with van der Waals surface area (Å²) in [6.07, 6.45) is 3.66. The molecule has 116 valence electrons. The molecule has 0 aromatic heterocycles. The third-order valence-corrected chi connectivity index (χ3v) is 3.67. The second-order valence-corrected chi connectivity index (χ2v) is 5.20. The number of methoxy groups -OCH3 is 1. The fourth-order valence-corrected chi connectivity index (χ4v) is 2.38. The van der Waals surface area contributed by atoms with Gasteiger partial charge < -0.3 is 14.7 Å². The van der Waals surface area contributed by atoms with Crippen molar-refractivity contribution in [3.63, 3.8) is 0 Å². The van der Waals surface area contributed by atoms with E-state index in [-0.39, 0.29) is 6.04 Å². The van der Waals surface area contributed by atoms with Gasteiger partial charge in [-0.1, -0.05) is 30.7 Å². The first-order chi connectivity index (χ1) is 10.0. The van der Waals surface area contributed by atoms with Crippen LogP contribution in [0.15, 0.2) is 24.3 Å². The van der Waals surface area contributed by atoms with Crippen molar-refractivity contribution in [1.82, 2.24) is 0 Å². The van der Waals surface area contributed by atoms with E-state index >= 15 is 0 Å². The van der Waals surface area contributed by atoms with Crippen molar-refractivity contribution in [2.24, 2.45) is 0 Å². The molecule has 0 saturated carbocycles. The Morgan fingerprint density at radius 1 is 1.52 bits per heavy atom. The van der Waals surface area contributed by atoms with Crippen molar-refractivity contribution in [3.8, 4) is 0 Å². The molecular weight excluding hydrogens is 290 g/mol. The van der Waals surface area contributed by atoms with E-state index in [4.69, 9.17) is 21.4 Å². The molecule has 0 amide bonds. The van der Waals surface area contributed by atoms with Crippen LogP contribution in [0.5, 0.6) is 0 Å². The molecule has 1 unspecified atom stereocenters. The lowest BCUT2D eigenvalue weighted by Gasteiger charge is -2.32. The molecule has 1 rings (SSSR count). The Labute approximate surface area is 131 Å². The quantitative estimate of drug-likeness (QED) is 0.744. The molecule has 5 heteroatoms. The molecule has 0 spiro atoms. The number of carbonyl (C=O) groups is 1. The molecule has 1 atom stereocenters. The molecule has 0 heterocycles. The fourth-order valence-electron chi connectivity index (χ4n) is 2.09. The summed E-state index contributed by atoms with van der Waals surface area (Å²) >= 11 is 6.36. The Balaban J connectivity index is 3.24. The van der Waals surface area contributed by atoms with E-state index in [2.05, 4.69) is 18.7 Å². The largest absolute Gasteiger partial charge is 0.478 e. The smallest absolute Gasteiger partial charge is 0.328 e. The van der Waals surface area contributed by atoms with Gasteiger partial charge in [-0.25, -0.2) is 4.79 Å². The molecular formula is C16H22ClNO3. The molecule has 1 N–H and O–H groups in total. The predicted molar refractivity (Wildman–Crippen MR) is 87.1 cm³/mol. The molecule has 0 saturated heterocycles. The van der Waals surface area contributed by atoms with E-state index in [1.807, 2.05) is 18.2 Å². The number of nitrogens with zero attached hydrogens (tertiary/aromatic N) is 1. The van der Waals surface area contributed by atoms with Crippen molar-refractivity contribution in [2.75, 3.05) is 25.2 Å². The Kier molecular flexibility index (Phi) is 7.26. The first-order valence-electron chi connectivity index (χ1n) is 6.96. The van der Waals surface area contributed by atoms with Crippen LogP contribution in [0.2, 0.25) is 5.02 Å². The zero-order chi connectivity index (χ0) is 15.8. The second-order valence-electron chi connectivity index (χ2n) is 4.79. The summed E-state index contributed by atoms with van der Waals surface area (Å²) in [5.41, 5.74) is 1.64. The lowest BCUT2D eigenvalue weighted by Crippen LogP contribution is -2.36. The Hall–Kier alpha value is -1.52. The lowest BCUT2D eigenvalue weighted by atomic mass is 10.1. The number of carboxylic acids is 1. The van der Waals surface area contributed by atoms with E-state index in [0.29, 0.717) is 18.2 Å². The third-order valence-electron chi connectivity index (χ3n) is 3.37. The average molecular weight is 312 g/mol. The average Bonchev–Trinajstić information content (AvgIpc) is 2.46. The summed E-state index contributed by atoms with van der Waals surface area (Å²) in [6, 6.07) is 5.77. The van der Waals surface area contributed by atoms with Gasteiger partial charge in [-0.05, 0) is 31.1 Å². The van der Waals surface area contributed by atoms with Gasteiger partial charge in [0.05, 0.1) is 17.3 Å². The number of ether oxygens (including phenoxy) is 1. The van der Waals surface area contributed by atoms with Crippen molar-refractivity contribution in [2.45, 2.75) is 26.3 Å². The number of benzene rings is 1. The van der Waals surface area contributed by atoms with Crippen LogP contribution in [0, 0.1) is 0 Å². The number of rotatable bonds is 8. The summed E-state index contributed by atoms with van der Waals surface area (Å²) in [5.74, 6) is -0.979. The minimum atomic E-state index is -0.979. The summed E-state index contributed by atoms with van der Waals surface area (Å²) in [5, 5.41) is 9.43. The number of hydrogen-bond acceptors (Lipinski definition) is 3. The zero-order valence-corrected chi connectivity index (χ0v) is 13.4. The van der Waals surface area contributed by atoms with Gasteiger partial charge in [0.2, 0.25) is 0 Å². The van der Waals surface area contributed by atoms with Gasteiger partial charge in [0.1, 0.15) is 0 Å². The fraction of sp³-hybridized carbons (Fsp3) is 0.438. The highest BCUT2D eigenvalue weighted by Crippen LogP contribution is 2.32. The van der Waals surface area contributed by atoms with Gasteiger partial charge in [0, 0.05) is 25.8 Å². The normalized spacial score (nSPS) is 12.6. The van der Waals surface area contributed by atoms with E-state index < -0.39 is 5.97 Å². The SMILES string of the molecule is CCC(C)N(CCOC)c1c(Cl)cccc1/C=C/C(=O)O. The molecule has 0 fully saturated rings. The molecule has 0 aliphatic carbocycles. The van der Waals surface area contributed by atoms with Gasteiger partial charge in [0.15, 0.2) is 0 Å². The summed E-state index contributed by atoms with van der Waals surface area (Å²) in [7, 11) is 1.66. The number of hydrogen-bond donors (Lipinski definition) is 1. The van der Waals surface area contributed by atoms with Crippen LogP contribution in [0.4, 0.5) is 5.69 Å². The van der Waals surface area contributed by atoms with Crippen molar-refractivity contribution in [1.29, 1.82) is 0 Å². The van der Waals surface area contributed by atoms with Crippen LogP contribution in [0.3, 0.4) is 0 Å². The Bertz CT molecular complexity index is 502. The topological polar surface area (TPSA) is 49.8 Å². The van der Waals surface area contributed by atoms with E-state index in [0.717, 1.165) is 23.7 Å². The second kappa shape index (κ2) is 8.70. The highest BCUT2D eigenvalue weighted by molar-refractivity contribution is 6.33. The predicted octanol–water partition coefficient (Wildman–Crippen LogP) is 3.69. The van der Waals surface area contributed by atoms with Crippen LogP contribution in [0.1, 0.15) is 25.8 Å². The first-order valence-corrected chi connectivity index (χ1v) is 7.34. The highest BCUT2D eigenvalue weighted by Gasteiger charge is 2.18. The highest BCUT2D eigenvalue weighted by atomic mass is 35.5. The third kappa shape index (κ3) is 5.06. The van der Waals surface area contributed by atoms with Gasteiger partial charge in [-0.2, -0.15) is 0 Å². The summed E-state index contributed by atoms with van der Waals surface area (Å²) < 4.78 is 5.17. The first kappa shape index (κ1) is 17.5. The maximum atomic E-state index is 10.7. The van der Waals surface area contributed by atoms with E-state index in [1.165, 1.54) is 0 Å².